The fraction of sp³-hybridized carbons (Fsp3) is 0.750. The van der Waals surface area contributed by atoms with E-state index in [0.717, 1.165) is 12.8 Å². The van der Waals surface area contributed by atoms with Crippen LogP contribution in [-0.2, 0) is 9.16 Å². The Labute approximate surface area is 120 Å². The van der Waals surface area contributed by atoms with Crippen LogP contribution in [0, 0.1) is 11.8 Å². The Morgan fingerprint density at radius 2 is 1.95 bits per heavy atom. The van der Waals surface area contributed by atoms with Crippen LogP contribution in [0.5, 0.6) is 0 Å². The van der Waals surface area contributed by atoms with Crippen LogP contribution in [0.4, 0.5) is 0 Å². The number of hydrogen-bond donors (Lipinski definition) is 0. The molecule has 0 N–H and O–H groups in total. The van der Waals surface area contributed by atoms with Crippen LogP contribution in [0.25, 0.3) is 0 Å². The van der Waals surface area contributed by atoms with Crippen LogP contribution in [-0.4, -0.2) is 21.0 Å². The lowest BCUT2D eigenvalue weighted by Gasteiger charge is -2.36. The summed E-state index contributed by atoms with van der Waals surface area (Å²) in [6.07, 6.45) is 4.49. The van der Waals surface area contributed by atoms with Gasteiger partial charge in [0.15, 0.2) is 14.4 Å². The highest BCUT2D eigenvalue weighted by Crippen LogP contribution is 2.36. The van der Waals surface area contributed by atoms with Gasteiger partial charge in [-0.1, -0.05) is 52.5 Å². The molecule has 0 saturated heterocycles. The minimum atomic E-state index is -1.73. The number of ether oxygens (including phenoxy) is 1. The van der Waals surface area contributed by atoms with Gasteiger partial charge in [0.25, 0.3) is 0 Å². The maximum atomic E-state index is 6.13. The average Bonchev–Trinajstić information content (AvgIpc) is 2.30. The molecular weight excluding hydrogens is 252 g/mol. The van der Waals surface area contributed by atoms with Crippen molar-refractivity contribution in [1.29, 1.82) is 0 Å². The first-order valence-corrected chi connectivity index (χ1v) is 10.0. The van der Waals surface area contributed by atoms with Crippen molar-refractivity contribution in [2.24, 2.45) is 0 Å². The third-order valence-corrected chi connectivity index (χ3v) is 8.08. The van der Waals surface area contributed by atoms with E-state index in [4.69, 9.17) is 9.16 Å². The number of hydrogen-bond acceptors (Lipinski definition) is 2. The average molecular weight is 282 g/mol. The standard InChI is InChI=1S/C16H30O2Si/c1-8-10-11-12-13-15(17-9-2)14-18-19(6,7)16(3,4)5/h9,15H,2,8,10-11,14H2,1,3-7H3. The molecule has 3 heteroatoms. The summed E-state index contributed by atoms with van der Waals surface area (Å²) in [5.41, 5.74) is 0. The Morgan fingerprint density at radius 1 is 1.32 bits per heavy atom. The monoisotopic (exact) mass is 282 g/mol. The lowest BCUT2D eigenvalue weighted by atomic mass is 10.2. The molecule has 0 aromatic rings. The third kappa shape index (κ3) is 7.44. The van der Waals surface area contributed by atoms with Crippen molar-refractivity contribution in [3.63, 3.8) is 0 Å². The summed E-state index contributed by atoms with van der Waals surface area (Å²) in [5.74, 6) is 6.29. The molecule has 0 bridgehead atoms. The zero-order chi connectivity index (χ0) is 14.9. The summed E-state index contributed by atoms with van der Waals surface area (Å²) in [5, 5.41) is 0.210. The zero-order valence-corrected chi connectivity index (χ0v) is 14.5. The molecule has 19 heavy (non-hydrogen) atoms. The van der Waals surface area contributed by atoms with E-state index in [2.05, 4.69) is 59.2 Å². The van der Waals surface area contributed by atoms with Crippen molar-refractivity contribution in [2.45, 2.75) is 71.2 Å². The van der Waals surface area contributed by atoms with Gasteiger partial charge in [0.05, 0.1) is 12.9 Å². The van der Waals surface area contributed by atoms with Gasteiger partial charge in [0.2, 0.25) is 0 Å². The first kappa shape index (κ1) is 18.3. The van der Waals surface area contributed by atoms with Crippen molar-refractivity contribution in [3.05, 3.63) is 12.8 Å². The summed E-state index contributed by atoms with van der Waals surface area (Å²) in [4.78, 5) is 0. The summed E-state index contributed by atoms with van der Waals surface area (Å²) < 4.78 is 11.5. The summed E-state index contributed by atoms with van der Waals surface area (Å²) in [6, 6.07) is 0. The van der Waals surface area contributed by atoms with Crippen molar-refractivity contribution >= 4 is 8.32 Å². The molecular formula is C16H30O2Si. The van der Waals surface area contributed by atoms with Crippen molar-refractivity contribution in [3.8, 4) is 11.8 Å². The maximum absolute atomic E-state index is 6.13. The Kier molecular flexibility index (Phi) is 8.13. The van der Waals surface area contributed by atoms with E-state index < -0.39 is 8.32 Å². The quantitative estimate of drug-likeness (QED) is 0.291. The van der Waals surface area contributed by atoms with Gasteiger partial charge in [0.1, 0.15) is 0 Å². The molecule has 0 aliphatic heterocycles. The Balaban J connectivity index is 4.42. The largest absolute Gasteiger partial charge is 0.484 e. The van der Waals surface area contributed by atoms with E-state index in [1.54, 1.807) is 0 Å². The van der Waals surface area contributed by atoms with Gasteiger partial charge in [-0.05, 0) is 24.6 Å². The zero-order valence-electron chi connectivity index (χ0n) is 13.5. The predicted molar refractivity (Wildman–Crippen MR) is 85.5 cm³/mol. The Hall–Kier alpha value is -0.723. The molecule has 0 rings (SSSR count). The number of unbranched alkanes of at least 4 members (excludes halogenated alkanes) is 2. The Morgan fingerprint density at radius 3 is 2.42 bits per heavy atom. The van der Waals surface area contributed by atoms with Gasteiger partial charge in [-0.25, -0.2) is 0 Å². The van der Waals surface area contributed by atoms with Crippen molar-refractivity contribution in [2.75, 3.05) is 6.61 Å². The molecule has 0 aliphatic rings. The highest BCUT2D eigenvalue weighted by molar-refractivity contribution is 6.74. The van der Waals surface area contributed by atoms with E-state index in [0.29, 0.717) is 6.61 Å². The second-order valence-corrected chi connectivity index (χ2v) is 11.1. The SMILES string of the molecule is C=COC(C#CCCCC)CO[Si](C)(C)C(C)(C)C. The molecule has 0 aliphatic carbocycles. The molecule has 0 spiro atoms. The summed E-state index contributed by atoms with van der Waals surface area (Å²) >= 11 is 0. The topological polar surface area (TPSA) is 18.5 Å². The van der Waals surface area contributed by atoms with Gasteiger partial charge in [-0.3, -0.25) is 0 Å². The molecule has 2 nitrogen and oxygen atoms in total. The van der Waals surface area contributed by atoms with Crippen LogP contribution in [0.1, 0.15) is 47.0 Å². The van der Waals surface area contributed by atoms with Gasteiger partial charge in [-0.15, -0.1) is 0 Å². The van der Waals surface area contributed by atoms with Gasteiger partial charge in [-0.2, -0.15) is 0 Å². The third-order valence-electron chi connectivity index (χ3n) is 3.58. The molecule has 1 atom stereocenters. The van der Waals surface area contributed by atoms with E-state index in [1.165, 1.54) is 12.7 Å². The van der Waals surface area contributed by atoms with Gasteiger partial charge < -0.3 is 9.16 Å². The highest BCUT2D eigenvalue weighted by atomic mass is 28.4. The smallest absolute Gasteiger partial charge is 0.192 e. The van der Waals surface area contributed by atoms with Crippen LogP contribution < -0.4 is 0 Å². The lowest BCUT2D eigenvalue weighted by molar-refractivity contribution is 0.123. The molecule has 0 saturated carbocycles. The lowest BCUT2D eigenvalue weighted by Crippen LogP contribution is -2.42. The normalized spacial score (nSPS) is 13.4. The van der Waals surface area contributed by atoms with E-state index in [9.17, 15) is 0 Å². The van der Waals surface area contributed by atoms with Crippen molar-refractivity contribution < 1.29 is 9.16 Å². The highest BCUT2D eigenvalue weighted by Gasteiger charge is 2.37. The molecule has 0 aromatic heterocycles. The van der Waals surface area contributed by atoms with Crippen LogP contribution >= 0.6 is 0 Å². The minimum Gasteiger partial charge on any atom is -0.484 e. The first-order valence-electron chi connectivity index (χ1n) is 7.13. The first-order chi connectivity index (χ1) is 8.74. The minimum absolute atomic E-state index is 0.191. The van der Waals surface area contributed by atoms with E-state index >= 15 is 0 Å². The fourth-order valence-corrected chi connectivity index (χ4v) is 2.18. The molecule has 110 valence electrons. The molecule has 1 unspecified atom stereocenters. The number of rotatable bonds is 7. The molecule has 0 heterocycles. The second kappa shape index (κ2) is 8.45. The van der Waals surface area contributed by atoms with Gasteiger partial charge in [0, 0.05) is 6.42 Å². The van der Waals surface area contributed by atoms with Gasteiger partial charge >= 0.3 is 0 Å². The molecule has 0 aromatic carbocycles. The molecule has 0 fully saturated rings. The molecule has 0 radical (unpaired) electrons. The predicted octanol–water partition coefficient (Wildman–Crippen LogP) is 4.73. The van der Waals surface area contributed by atoms with Crippen LogP contribution in [0.3, 0.4) is 0 Å². The van der Waals surface area contributed by atoms with Crippen LogP contribution in [0.15, 0.2) is 12.8 Å². The fourth-order valence-electron chi connectivity index (χ4n) is 1.18. The molecule has 0 amide bonds. The summed E-state index contributed by atoms with van der Waals surface area (Å²) in [6.45, 7) is 17.5. The van der Waals surface area contributed by atoms with E-state index in [1.807, 2.05) is 0 Å². The second-order valence-electron chi connectivity index (χ2n) is 6.29. The maximum Gasteiger partial charge on any atom is 0.192 e. The summed E-state index contributed by atoms with van der Waals surface area (Å²) in [7, 11) is -1.73. The van der Waals surface area contributed by atoms with Crippen molar-refractivity contribution in [1.82, 2.24) is 0 Å². The Bertz CT molecular complexity index is 318. The van der Waals surface area contributed by atoms with Crippen LogP contribution in [0.2, 0.25) is 18.1 Å². The van der Waals surface area contributed by atoms with E-state index in [-0.39, 0.29) is 11.1 Å².